The maximum atomic E-state index is 11.9. The van der Waals surface area contributed by atoms with E-state index in [9.17, 15) is 4.79 Å². The molecule has 6 nitrogen and oxygen atoms in total. The topological polar surface area (TPSA) is 73.3 Å². The molecular weight excluding hydrogens is 398 g/mol. The molecule has 0 fully saturated rings. The molecule has 0 aliphatic heterocycles. The van der Waals surface area contributed by atoms with Crippen LogP contribution >= 0.6 is 27.5 Å². The summed E-state index contributed by atoms with van der Waals surface area (Å²) >= 11 is 9.18. The van der Waals surface area contributed by atoms with E-state index in [1.165, 1.54) is 6.20 Å². The van der Waals surface area contributed by atoms with E-state index < -0.39 is 11.7 Å². The number of nitrogens with one attached hydrogen (secondary N) is 1. The Labute approximate surface area is 153 Å². The molecule has 24 heavy (non-hydrogen) atoms. The molecule has 2 aromatic rings. The number of amides is 1. The zero-order chi connectivity index (χ0) is 17.7. The SMILES string of the molecule is CC(C)(C)OC(=O)Nc1ncc(Br)nc1OCc1cccc(Cl)c1. The Hall–Kier alpha value is -1.86. The van der Waals surface area contributed by atoms with Gasteiger partial charge in [0, 0.05) is 5.02 Å². The first kappa shape index (κ1) is 18.5. The molecule has 0 radical (unpaired) electrons. The van der Waals surface area contributed by atoms with Crippen molar-refractivity contribution in [1.29, 1.82) is 0 Å². The largest absolute Gasteiger partial charge is 0.470 e. The van der Waals surface area contributed by atoms with Crippen molar-refractivity contribution in [3.63, 3.8) is 0 Å². The summed E-state index contributed by atoms with van der Waals surface area (Å²) < 4.78 is 11.3. The monoisotopic (exact) mass is 413 g/mol. The van der Waals surface area contributed by atoms with Gasteiger partial charge in [-0.05, 0) is 54.4 Å². The molecular formula is C16H17BrClN3O3. The van der Waals surface area contributed by atoms with E-state index in [1.807, 2.05) is 12.1 Å². The first-order valence-electron chi connectivity index (χ1n) is 7.13. The number of carbonyl (C=O) groups excluding carboxylic acids is 1. The van der Waals surface area contributed by atoms with Crippen LogP contribution < -0.4 is 10.1 Å². The fraction of sp³-hybridized carbons (Fsp3) is 0.312. The highest BCUT2D eigenvalue weighted by molar-refractivity contribution is 9.10. The number of nitrogens with zero attached hydrogens (tertiary/aromatic N) is 2. The van der Waals surface area contributed by atoms with E-state index in [0.29, 0.717) is 9.63 Å². The van der Waals surface area contributed by atoms with Gasteiger partial charge in [-0.1, -0.05) is 23.7 Å². The van der Waals surface area contributed by atoms with Crippen molar-refractivity contribution in [2.75, 3.05) is 5.32 Å². The van der Waals surface area contributed by atoms with Gasteiger partial charge in [0.2, 0.25) is 0 Å². The Balaban J connectivity index is 2.11. The molecule has 1 aromatic heterocycles. The molecule has 8 heteroatoms. The van der Waals surface area contributed by atoms with E-state index in [4.69, 9.17) is 21.1 Å². The minimum atomic E-state index is -0.633. The summed E-state index contributed by atoms with van der Waals surface area (Å²) in [5.41, 5.74) is 0.252. The van der Waals surface area contributed by atoms with Crippen LogP contribution in [0.4, 0.5) is 10.6 Å². The van der Waals surface area contributed by atoms with Gasteiger partial charge in [-0.15, -0.1) is 0 Å². The lowest BCUT2D eigenvalue weighted by Crippen LogP contribution is -2.27. The molecule has 1 aromatic carbocycles. The standard InChI is InChI=1S/C16H17BrClN3O3/c1-16(2,3)24-15(22)21-13-14(20-12(17)8-19-13)23-9-10-5-4-6-11(18)7-10/h4-8H,9H2,1-3H3,(H,19,21,22). The molecule has 0 saturated carbocycles. The quantitative estimate of drug-likeness (QED) is 0.776. The molecule has 0 unspecified atom stereocenters. The average molecular weight is 415 g/mol. The Kier molecular flexibility index (Phi) is 6.01. The highest BCUT2D eigenvalue weighted by Crippen LogP contribution is 2.23. The lowest BCUT2D eigenvalue weighted by atomic mass is 10.2. The third-order valence-corrected chi connectivity index (χ3v) is 3.21. The second-order valence-corrected chi connectivity index (χ2v) is 7.14. The van der Waals surface area contributed by atoms with Crippen LogP contribution in [0.2, 0.25) is 5.02 Å². The van der Waals surface area contributed by atoms with Gasteiger partial charge in [-0.25, -0.2) is 14.8 Å². The van der Waals surface area contributed by atoms with Crippen LogP contribution in [0.25, 0.3) is 0 Å². The third kappa shape index (κ3) is 5.98. The van der Waals surface area contributed by atoms with Crippen molar-refractivity contribution in [2.24, 2.45) is 0 Å². The van der Waals surface area contributed by atoms with Crippen LogP contribution in [-0.2, 0) is 11.3 Å². The minimum Gasteiger partial charge on any atom is -0.470 e. The van der Waals surface area contributed by atoms with E-state index in [-0.39, 0.29) is 18.3 Å². The normalized spacial score (nSPS) is 11.0. The van der Waals surface area contributed by atoms with Crippen molar-refractivity contribution < 1.29 is 14.3 Å². The number of rotatable bonds is 4. The molecule has 0 aliphatic carbocycles. The van der Waals surface area contributed by atoms with Gasteiger partial charge in [0.05, 0.1) is 6.20 Å². The Morgan fingerprint density at radius 3 is 2.79 bits per heavy atom. The second kappa shape index (κ2) is 7.81. The summed E-state index contributed by atoms with van der Waals surface area (Å²) in [6, 6.07) is 7.26. The summed E-state index contributed by atoms with van der Waals surface area (Å²) in [6.07, 6.45) is 0.825. The van der Waals surface area contributed by atoms with Gasteiger partial charge in [0.1, 0.15) is 16.8 Å². The lowest BCUT2D eigenvalue weighted by Gasteiger charge is -2.20. The molecule has 0 saturated heterocycles. The molecule has 0 aliphatic rings. The fourth-order valence-electron chi connectivity index (χ4n) is 1.72. The van der Waals surface area contributed by atoms with Crippen molar-refractivity contribution in [3.8, 4) is 5.88 Å². The predicted molar refractivity (Wildman–Crippen MR) is 95.4 cm³/mol. The van der Waals surface area contributed by atoms with Gasteiger partial charge in [0.25, 0.3) is 5.88 Å². The van der Waals surface area contributed by atoms with Crippen molar-refractivity contribution in [2.45, 2.75) is 33.0 Å². The number of carbonyl (C=O) groups is 1. The first-order valence-corrected chi connectivity index (χ1v) is 8.30. The molecule has 2 rings (SSSR count). The Morgan fingerprint density at radius 1 is 1.38 bits per heavy atom. The van der Waals surface area contributed by atoms with Gasteiger partial charge in [-0.2, -0.15) is 0 Å². The van der Waals surface area contributed by atoms with E-state index in [1.54, 1.807) is 32.9 Å². The number of ether oxygens (including phenoxy) is 2. The maximum absolute atomic E-state index is 11.9. The minimum absolute atomic E-state index is 0.175. The number of aromatic nitrogens is 2. The molecule has 0 atom stereocenters. The van der Waals surface area contributed by atoms with Crippen molar-refractivity contribution in [1.82, 2.24) is 9.97 Å². The third-order valence-electron chi connectivity index (χ3n) is 2.60. The number of halogens is 2. The first-order chi connectivity index (χ1) is 11.2. The number of hydrogen-bond acceptors (Lipinski definition) is 5. The van der Waals surface area contributed by atoms with Gasteiger partial charge in [0.15, 0.2) is 5.82 Å². The van der Waals surface area contributed by atoms with Crippen LogP contribution in [0.3, 0.4) is 0 Å². The molecule has 0 spiro atoms. The number of hydrogen-bond donors (Lipinski definition) is 1. The fourth-order valence-corrected chi connectivity index (χ4v) is 2.19. The number of anilines is 1. The van der Waals surface area contributed by atoms with Crippen LogP contribution in [0.15, 0.2) is 35.1 Å². The van der Waals surface area contributed by atoms with E-state index in [2.05, 4.69) is 31.2 Å². The second-order valence-electron chi connectivity index (χ2n) is 5.89. The lowest BCUT2D eigenvalue weighted by molar-refractivity contribution is 0.0634. The molecule has 1 heterocycles. The van der Waals surface area contributed by atoms with E-state index in [0.717, 1.165) is 5.56 Å². The van der Waals surface area contributed by atoms with Crippen LogP contribution in [-0.4, -0.2) is 21.7 Å². The smallest absolute Gasteiger partial charge is 0.413 e. The van der Waals surface area contributed by atoms with Crippen molar-refractivity contribution in [3.05, 3.63) is 45.7 Å². The van der Waals surface area contributed by atoms with E-state index >= 15 is 0 Å². The zero-order valence-electron chi connectivity index (χ0n) is 13.5. The van der Waals surface area contributed by atoms with Crippen LogP contribution in [0, 0.1) is 0 Å². The molecule has 0 bridgehead atoms. The summed E-state index contributed by atoms with van der Waals surface area (Å²) in [5.74, 6) is 0.352. The zero-order valence-corrected chi connectivity index (χ0v) is 15.8. The summed E-state index contributed by atoms with van der Waals surface area (Å²) in [5, 5.41) is 3.15. The summed E-state index contributed by atoms with van der Waals surface area (Å²) in [4.78, 5) is 20.2. The summed E-state index contributed by atoms with van der Waals surface area (Å²) in [6.45, 7) is 5.55. The number of benzene rings is 1. The molecule has 128 valence electrons. The van der Waals surface area contributed by atoms with Gasteiger partial charge in [-0.3, -0.25) is 5.32 Å². The maximum Gasteiger partial charge on any atom is 0.413 e. The molecule has 1 N–H and O–H groups in total. The Morgan fingerprint density at radius 2 is 2.12 bits per heavy atom. The van der Waals surface area contributed by atoms with Gasteiger partial charge < -0.3 is 9.47 Å². The van der Waals surface area contributed by atoms with Crippen molar-refractivity contribution >= 4 is 39.4 Å². The Bertz CT molecular complexity index is 735. The summed E-state index contributed by atoms with van der Waals surface area (Å²) in [7, 11) is 0. The highest BCUT2D eigenvalue weighted by Gasteiger charge is 2.19. The van der Waals surface area contributed by atoms with Crippen LogP contribution in [0.5, 0.6) is 5.88 Å². The average Bonchev–Trinajstić information content (AvgIpc) is 2.45. The predicted octanol–water partition coefficient (Wildman–Crippen LogP) is 4.82. The van der Waals surface area contributed by atoms with Crippen LogP contribution in [0.1, 0.15) is 26.3 Å². The van der Waals surface area contributed by atoms with Gasteiger partial charge >= 0.3 is 6.09 Å². The molecule has 1 amide bonds. The highest BCUT2D eigenvalue weighted by atomic mass is 79.9.